The highest BCUT2D eigenvalue weighted by Crippen LogP contribution is 2.30. The fraction of sp³-hybridized carbons (Fsp3) is 0.294. The molecule has 1 atom stereocenters. The lowest BCUT2D eigenvalue weighted by atomic mass is 10.0. The van der Waals surface area contributed by atoms with E-state index in [1.54, 1.807) is 14.2 Å². The zero-order valence-corrected chi connectivity index (χ0v) is 12.6. The fourth-order valence-electron chi connectivity index (χ4n) is 2.06. The SMILES string of the molecule is COCCc1ccc(C(Cl)c2cccc(OC)c2)cc1. The molecule has 0 amide bonds. The van der Waals surface area contributed by atoms with Gasteiger partial charge in [0.1, 0.15) is 5.75 Å². The molecule has 0 N–H and O–H groups in total. The third-order valence-electron chi connectivity index (χ3n) is 3.25. The number of ether oxygens (including phenoxy) is 2. The van der Waals surface area contributed by atoms with Gasteiger partial charge in [0, 0.05) is 7.11 Å². The number of rotatable bonds is 6. The lowest BCUT2D eigenvalue weighted by molar-refractivity contribution is 0.202. The van der Waals surface area contributed by atoms with Crippen molar-refractivity contribution in [2.75, 3.05) is 20.8 Å². The highest BCUT2D eigenvalue weighted by Gasteiger charge is 2.11. The van der Waals surface area contributed by atoms with Crippen LogP contribution in [0.3, 0.4) is 0 Å². The number of hydrogen-bond acceptors (Lipinski definition) is 2. The summed E-state index contributed by atoms with van der Waals surface area (Å²) in [7, 11) is 3.37. The van der Waals surface area contributed by atoms with Gasteiger partial charge >= 0.3 is 0 Å². The van der Waals surface area contributed by atoms with Crippen LogP contribution in [0.15, 0.2) is 48.5 Å². The monoisotopic (exact) mass is 290 g/mol. The average molecular weight is 291 g/mol. The Balaban J connectivity index is 2.13. The molecule has 0 aliphatic heterocycles. The molecule has 0 saturated carbocycles. The van der Waals surface area contributed by atoms with Crippen molar-refractivity contribution in [3.8, 4) is 5.75 Å². The first-order valence-electron chi connectivity index (χ1n) is 6.60. The second-order valence-electron chi connectivity index (χ2n) is 4.62. The van der Waals surface area contributed by atoms with E-state index in [1.165, 1.54) is 5.56 Å². The normalized spacial score (nSPS) is 12.2. The van der Waals surface area contributed by atoms with Gasteiger partial charge in [-0.05, 0) is 35.2 Å². The summed E-state index contributed by atoms with van der Waals surface area (Å²) >= 11 is 6.54. The molecule has 0 aliphatic rings. The van der Waals surface area contributed by atoms with Crippen molar-refractivity contribution < 1.29 is 9.47 Å². The van der Waals surface area contributed by atoms with Crippen LogP contribution in [-0.2, 0) is 11.2 Å². The summed E-state index contributed by atoms with van der Waals surface area (Å²) < 4.78 is 10.3. The molecule has 0 bridgehead atoms. The maximum absolute atomic E-state index is 6.54. The van der Waals surface area contributed by atoms with Crippen molar-refractivity contribution in [2.24, 2.45) is 0 Å². The Bertz CT molecular complexity index is 537. The molecule has 0 aliphatic carbocycles. The number of benzene rings is 2. The highest BCUT2D eigenvalue weighted by atomic mass is 35.5. The highest BCUT2D eigenvalue weighted by molar-refractivity contribution is 6.22. The summed E-state index contributed by atoms with van der Waals surface area (Å²) in [6.45, 7) is 0.736. The summed E-state index contributed by atoms with van der Waals surface area (Å²) in [6, 6.07) is 16.2. The first-order chi connectivity index (χ1) is 9.74. The van der Waals surface area contributed by atoms with Crippen LogP contribution in [0.2, 0.25) is 0 Å². The first-order valence-corrected chi connectivity index (χ1v) is 7.04. The van der Waals surface area contributed by atoms with Crippen LogP contribution in [0.25, 0.3) is 0 Å². The molecule has 0 spiro atoms. The van der Waals surface area contributed by atoms with E-state index in [9.17, 15) is 0 Å². The van der Waals surface area contributed by atoms with Crippen LogP contribution < -0.4 is 4.74 Å². The molecule has 0 heterocycles. The molecule has 20 heavy (non-hydrogen) atoms. The number of hydrogen-bond donors (Lipinski definition) is 0. The van der Waals surface area contributed by atoms with Gasteiger partial charge in [-0.25, -0.2) is 0 Å². The van der Waals surface area contributed by atoms with Crippen molar-refractivity contribution in [1.29, 1.82) is 0 Å². The molecule has 1 unspecified atom stereocenters. The number of alkyl halides is 1. The van der Waals surface area contributed by atoms with Gasteiger partial charge in [0.15, 0.2) is 0 Å². The quantitative estimate of drug-likeness (QED) is 0.742. The molecule has 2 aromatic carbocycles. The van der Waals surface area contributed by atoms with Crippen LogP contribution in [0.4, 0.5) is 0 Å². The van der Waals surface area contributed by atoms with Crippen molar-refractivity contribution in [3.63, 3.8) is 0 Å². The molecular weight excluding hydrogens is 272 g/mol. The van der Waals surface area contributed by atoms with Crippen molar-refractivity contribution >= 4 is 11.6 Å². The number of methoxy groups -OCH3 is 2. The third-order valence-corrected chi connectivity index (χ3v) is 3.76. The van der Waals surface area contributed by atoms with Gasteiger partial charge in [0.25, 0.3) is 0 Å². The molecule has 3 heteroatoms. The Labute approximate surface area is 125 Å². The molecular formula is C17H19ClO2. The maximum Gasteiger partial charge on any atom is 0.119 e. The van der Waals surface area contributed by atoms with E-state index in [0.29, 0.717) is 0 Å². The smallest absolute Gasteiger partial charge is 0.119 e. The van der Waals surface area contributed by atoms with E-state index < -0.39 is 0 Å². The Morgan fingerprint density at radius 1 is 1.00 bits per heavy atom. The molecule has 0 radical (unpaired) electrons. The van der Waals surface area contributed by atoms with Gasteiger partial charge in [-0.3, -0.25) is 0 Å². The third kappa shape index (κ3) is 3.75. The molecule has 106 valence electrons. The Kier molecular flexibility index (Phi) is 5.45. The van der Waals surface area contributed by atoms with Crippen LogP contribution >= 0.6 is 11.6 Å². The van der Waals surface area contributed by atoms with E-state index in [-0.39, 0.29) is 5.38 Å². The topological polar surface area (TPSA) is 18.5 Å². The van der Waals surface area contributed by atoms with Gasteiger partial charge in [-0.15, -0.1) is 11.6 Å². The average Bonchev–Trinajstić information content (AvgIpc) is 2.52. The lowest BCUT2D eigenvalue weighted by Gasteiger charge is -2.12. The number of halogens is 1. The summed E-state index contributed by atoms with van der Waals surface area (Å²) in [5.41, 5.74) is 3.38. The van der Waals surface area contributed by atoms with Crippen LogP contribution in [0.1, 0.15) is 22.1 Å². The lowest BCUT2D eigenvalue weighted by Crippen LogP contribution is -1.97. The summed E-state index contributed by atoms with van der Waals surface area (Å²) in [4.78, 5) is 0. The van der Waals surface area contributed by atoms with Gasteiger partial charge < -0.3 is 9.47 Å². The minimum atomic E-state index is -0.165. The minimum absolute atomic E-state index is 0.165. The Hall–Kier alpha value is -1.51. The van der Waals surface area contributed by atoms with Crippen molar-refractivity contribution in [2.45, 2.75) is 11.8 Å². The van der Waals surface area contributed by atoms with Crippen LogP contribution in [-0.4, -0.2) is 20.8 Å². The predicted octanol–water partition coefficient (Wildman–Crippen LogP) is 4.21. The first kappa shape index (κ1) is 14.9. The zero-order chi connectivity index (χ0) is 14.4. The second kappa shape index (κ2) is 7.32. The van der Waals surface area contributed by atoms with Gasteiger partial charge in [0.05, 0.1) is 19.1 Å². The minimum Gasteiger partial charge on any atom is -0.497 e. The van der Waals surface area contributed by atoms with E-state index >= 15 is 0 Å². The fourth-order valence-corrected chi connectivity index (χ4v) is 2.35. The molecule has 0 fully saturated rings. The zero-order valence-electron chi connectivity index (χ0n) is 11.8. The largest absolute Gasteiger partial charge is 0.497 e. The summed E-state index contributed by atoms with van der Waals surface area (Å²) in [5.74, 6) is 0.824. The molecule has 2 nitrogen and oxygen atoms in total. The van der Waals surface area contributed by atoms with E-state index in [0.717, 1.165) is 29.9 Å². The van der Waals surface area contributed by atoms with Crippen LogP contribution in [0.5, 0.6) is 5.75 Å². The van der Waals surface area contributed by atoms with E-state index in [2.05, 4.69) is 24.3 Å². The molecule has 2 rings (SSSR count). The maximum atomic E-state index is 6.54. The van der Waals surface area contributed by atoms with Crippen molar-refractivity contribution in [1.82, 2.24) is 0 Å². The van der Waals surface area contributed by atoms with Gasteiger partial charge in [0.2, 0.25) is 0 Å². The molecule has 0 saturated heterocycles. The molecule has 0 aromatic heterocycles. The standard InChI is InChI=1S/C17H19ClO2/c1-19-11-10-13-6-8-14(9-7-13)17(18)15-4-3-5-16(12-15)20-2/h3-9,12,17H,10-11H2,1-2H3. The van der Waals surface area contributed by atoms with Gasteiger partial charge in [-0.1, -0.05) is 36.4 Å². The molecule has 2 aromatic rings. The van der Waals surface area contributed by atoms with Crippen LogP contribution in [0, 0.1) is 0 Å². The Morgan fingerprint density at radius 3 is 2.40 bits per heavy atom. The van der Waals surface area contributed by atoms with E-state index in [1.807, 2.05) is 24.3 Å². The Morgan fingerprint density at radius 2 is 1.75 bits per heavy atom. The van der Waals surface area contributed by atoms with E-state index in [4.69, 9.17) is 21.1 Å². The van der Waals surface area contributed by atoms with Gasteiger partial charge in [-0.2, -0.15) is 0 Å². The summed E-state index contributed by atoms with van der Waals surface area (Å²) in [5, 5.41) is -0.165. The predicted molar refractivity (Wildman–Crippen MR) is 82.7 cm³/mol. The van der Waals surface area contributed by atoms with Crippen molar-refractivity contribution in [3.05, 3.63) is 65.2 Å². The summed E-state index contributed by atoms with van der Waals surface area (Å²) in [6.07, 6.45) is 0.920. The second-order valence-corrected chi connectivity index (χ2v) is 5.06.